The number of hydrogen-bond acceptors (Lipinski definition) is 2. The van der Waals surface area contributed by atoms with E-state index in [0.717, 1.165) is 55.5 Å². The molecule has 0 atom stereocenters. The highest BCUT2D eigenvalue weighted by Gasteiger charge is 1.98. The molecule has 0 saturated carbocycles. The molecule has 118 valence electrons. The Bertz CT molecular complexity index is 424. The fourth-order valence-electron chi connectivity index (χ4n) is 1.90. The zero-order valence-electron chi connectivity index (χ0n) is 13.0. The molecular weight excluding hydrogens is 286 g/mol. The minimum absolute atomic E-state index is 0.625. The topological polar surface area (TPSA) is 45.7 Å². The minimum atomic E-state index is 0.625. The third kappa shape index (κ3) is 8.58. The smallest absolute Gasteiger partial charge is 0.191 e. The number of unbranched alkanes of at least 4 members (excludes halogenated alkanes) is 2. The Hall–Kier alpha value is -1.26. The first-order valence-corrected chi connectivity index (χ1v) is 7.89. The van der Waals surface area contributed by atoms with Crippen molar-refractivity contribution >= 4 is 17.6 Å². The maximum absolute atomic E-state index is 5.98. The number of ether oxygens (including phenoxy) is 1. The molecule has 5 heteroatoms. The van der Waals surface area contributed by atoms with Gasteiger partial charge in [0.25, 0.3) is 0 Å². The Kier molecular flexibility index (Phi) is 9.66. The average molecular weight is 312 g/mol. The number of rotatable bonds is 9. The van der Waals surface area contributed by atoms with Crippen LogP contribution < -0.4 is 10.6 Å². The summed E-state index contributed by atoms with van der Waals surface area (Å²) in [7, 11) is 1.74. The lowest BCUT2D eigenvalue weighted by molar-refractivity contribution is 0.192. The van der Waals surface area contributed by atoms with Crippen LogP contribution in [-0.2, 0) is 11.3 Å². The largest absolute Gasteiger partial charge is 0.385 e. The van der Waals surface area contributed by atoms with Gasteiger partial charge in [0, 0.05) is 31.8 Å². The molecule has 0 heterocycles. The summed E-state index contributed by atoms with van der Waals surface area (Å²) in [5, 5.41) is 7.35. The van der Waals surface area contributed by atoms with Crippen LogP contribution in [0.1, 0.15) is 31.7 Å². The predicted octanol–water partition coefficient (Wildman–Crippen LogP) is 3.21. The second-order valence-electron chi connectivity index (χ2n) is 4.81. The van der Waals surface area contributed by atoms with E-state index in [-0.39, 0.29) is 0 Å². The van der Waals surface area contributed by atoms with E-state index in [2.05, 4.69) is 22.5 Å². The summed E-state index contributed by atoms with van der Waals surface area (Å²) in [5.74, 6) is 0.851. The molecule has 0 radical (unpaired) electrons. The summed E-state index contributed by atoms with van der Waals surface area (Å²) in [5.41, 5.74) is 1.11. The highest BCUT2D eigenvalue weighted by molar-refractivity contribution is 6.30. The fourth-order valence-corrected chi connectivity index (χ4v) is 2.12. The molecule has 0 saturated heterocycles. The van der Waals surface area contributed by atoms with E-state index in [1.807, 2.05) is 24.3 Å². The van der Waals surface area contributed by atoms with Crippen molar-refractivity contribution in [3.63, 3.8) is 0 Å². The Morgan fingerprint density at radius 1 is 1.24 bits per heavy atom. The highest BCUT2D eigenvalue weighted by atomic mass is 35.5. The van der Waals surface area contributed by atoms with Gasteiger partial charge in [-0.3, -0.25) is 0 Å². The first kappa shape index (κ1) is 17.8. The molecular formula is C16H26ClN3O. The Morgan fingerprint density at radius 3 is 2.81 bits per heavy atom. The number of halogens is 1. The van der Waals surface area contributed by atoms with Gasteiger partial charge < -0.3 is 15.4 Å². The van der Waals surface area contributed by atoms with Gasteiger partial charge in [0.05, 0.1) is 6.54 Å². The van der Waals surface area contributed by atoms with Crippen molar-refractivity contribution in [3.05, 3.63) is 34.9 Å². The van der Waals surface area contributed by atoms with Crippen molar-refractivity contribution in [1.29, 1.82) is 0 Å². The van der Waals surface area contributed by atoms with Crippen molar-refractivity contribution in [1.82, 2.24) is 10.6 Å². The number of nitrogens with zero attached hydrogens (tertiary/aromatic N) is 1. The lowest BCUT2D eigenvalue weighted by Crippen LogP contribution is -2.37. The van der Waals surface area contributed by atoms with Crippen LogP contribution in [-0.4, -0.2) is 32.8 Å². The van der Waals surface area contributed by atoms with Crippen LogP contribution >= 0.6 is 11.6 Å². The van der Waals surface area contributed by atoms with E-state index >= 15 is 0 Å². The lowest BCUT2D eigenvalue weighted by Gasteiger charge is -2.11. The zero-order chi connectivity index (χ0) is 15.3. The number of guanidine groups is 1. The molecule has 0 unspecified atom stereocenters. The van der Waals surface area contributed by atoms with Crippen molar-refractivity contribution in [2.45, 2.75) is 32.7 Å². The van der Waals surface area contributed by atoms with Gasteiger partial charge in [-0.1, -0.05) is 23.7 Å². The van der Waals surface area contributed by atoms with E-state index in [1.165, 1.54) is 0 Å². The molecule has 1 rings (SSSR count). The van der Waals surface area contributed by atoms with Gasteiger partial charge in [-0.2, -0.15) is 0 Å². The molecule has 0 spiro atoms. The number of benzene rings is 1. The molecule has 0 aliphatic rings. The van der Waals surface area contributed by atoms with Crippen molar-refractivity contribution < 1.29 is 4.74 Å². The molecule has 0 amide bonds. The summed E-state index contributed by atoms with van der Waals surface area (Å²) in [6.07, 6.45) is 3.38. The summed E-state index contributed by atoms with van der Waals surface area (Å²) < 4.78 is 5.04. The monoisotopic (exact) mass is 311 g/mol. The third-order valence-corrected chi connectivity index (χ3v) is 3.21. The number of aliphatic imine (C=N–C) groups is 1. The zero-order valence-corrected chi connectivity index (χ0v) is 13.7. The molecule has 4 nitrogen and oxygen atoms in total. The molecule has 21 heavy (non-hydrogen) atoms. The van der Waals surface area contributed by atoms with E-state index in [9.17, 15) is 0 Å². The van der Waals surface area contributed by atoms with Gasteiger partial charge >= 0.3 is 0 Å². The fraction of sp³-hybridized carbons (Fsp3) is 0.562. The van der Waals surface area contributed by atoms with Gasteiger partial charge in [-0.15, -0.1) is 0 Å². The second kappa shape index (κ2) is 11.4. The van der Waals surface area contributed by atoms with E-state index in [1.54, 1.807) is 7.11 Å². The normalized spacial score (nSPS) is 11.5. The summed E-state index contributed by atoms with van der Waals surface area (Å²) >= 11 is 5.98. The Balaban J connectivity index is 2.35. The van der Waals surface area contributed by atoms with Gasteiger partial charge in [-0.25, -0.2) is 4.99 Å². The van der Waals surface area contributed by atoms with E-state index < -0.39 is 0 Å². The van der Waals surface area contributed by atoms with Crippen LogP contribution in [0.2, 0.25) is 5.02 Å². The van der Waals surface area contributed by atoms with Crippen LogP contribution in [0.3, 0.4) is 0 Å². The Morgan fingerprint density at radius 2 is 2.10 bits per heavy atom. The van der Waals surface area contributed by atoms with Gasteiger partial charge in [-0.05, 0) is 43.9 Å². The summed E-state index contributed by atoms with van der Waals surface area (Å²) in [6.45, 7) is 5.30. The van der Waals surface area contributed by atoms with Crippen LogP contribution in [0.5, 0.6) is 0 Å². The molecule has 2 N–H and O–H groups in total. The van der Waals surface area contributed by atoms with Gasteiger partial charge in [0.2, 0.25) is 0 Å². The van der Waals surface area contributed by atoms with Crippen molar-refractivity contribution in [2.24, 2.45) is 4.99 Å². The van der Waals surface area contributed by atoms with Crippen molar-refractivity contribution in [3.8, 4) is 0 Å². The standard InChI is InChI=1S/C16H26ClN3O/c1-3-18-16(19-10-5-4-6-11-21-2)20-13-14-8-7-9-15(17)12-14/h7-9,12H,3-6,10-11,13H2,1-2H3,(H2,18,19,20). The predicted molar refractivity (Wildman–Crippen MR) is 90.0 cm³/mol. The third-order valence-electron chi connectivity index (χ3n) is 2.97. The molecule has 0 bridgehead atoms. The van der Waals surface area contributed by atoms with Crippen molar-refractivity contribution in [2.75, 3.05) is 26.8 Å². The van der Waals surface area contributed by atoms with E-state index in [4.69, 9.17) is 16.3 Å². The minimum Gasteiger partial charge on any atom is -0.385 e. The molecule has 0 fully saturated rings. The van der Waals surface area contributed by atoms with E-state index in [0.29, 0.717) is 6.54 Å². The maximum atomic E-state index is 5.98. The highest BCUT2D eigenvalue weighted by Crippen LogP contribution is 2.11. The SMILES string of the molecule is CCNC(=NCc1cccc(Cl)c1)NCCCCCOC. The number of nitrogens with one attached hydrogen (secondary N) is 2. The number of hydrogen-bond donors (Lipinski definition) is 2. The summed E-state index contributed by atoms with van der Waals surface area (Å²) in [4.78, 5) is 4.57. The quantitative estimate of drug-likeness (QED) is 0.418. The van der Waals surface area contributed by atoms with Crippen LogP contribution in [0.4, 0.5) is 0 Å². The van der Waals surface area contributed by atoms with Gasteiger partial charge in [0.15, 0.2) is 5.96 Å². The maximum Gasteiger partial charge on any atom is 0.191 e. The molecule has 1 aromatic carbocycles. The molecule has 1 aromatic rings. The first-order chi connectivity index (χ1) is 10.3. The first-order valence-electron chi connectivity index (χ1n) is 7.51. The molecule has 0 aromatic heterocycles. The second-order valence-corrected chi connectivity index (χ2v) is 5.24. The molecule has 0 aliphatic heterocycles. The number of methoxy groups -OCH3 is 1. The van der Waals surface area contributed by atoms with Crippen LogP contribution in [0.15, 0.2) is 29.3 Å². The lowest BCUT2D eigenvalue weighted by atomic mass is 10.2. The molecule has 0 aliphatic carbocycles. The van der Waals surface area contributed by atoms with Crippen LogP contribution in [0, 0.1) is 0 Å². The van der Waals surface area contributed by atoms with Crippen LogP contribution in [0.25, 0.3) is 0 Å². The average Bonchev–Trinajstić information content (AvgIpc) is 2.48. The Labute approximate surface area is 132 Å². The summed E-state index contributed by atoms with van der Waals surface area (Å²) in [6, 6.07) is 7.80. The van der Waals surface area contributed by atoms with Gasteiger partial charge in [0.1, 0.15) is 0 Å².